The molecule has 1 heterocycles. The molecule has 0 radical (unpaired) electrons. The molecule has 1 aliphatic carbocycles. The van der Waals surface area contributed by atoms with Crippen molar-refractivity contribution in [1.29, 1.82) is 0 Å². The van der Waals surface area contributed by atoms with E-state index >= 15 is 0 Å². The van der Waals surface area contributed by atoms with E-state index in [1.807, 2.05) is 25.1 Å². The highest BCUT2D eigenvalue weighted by Gasteiger charge is 2.21. The summed E-state index contributed by atoms with van der Waals surface area (Å²) >= 11 is 0. The molecule has 6 nitrogen and oxygen atoms in total. The van der Waals surface area contributed by atoms with Gasteiger partial charge in [0.15, 0.2) is 0 Å². The first-order valence-corrected chi connectivity index (χ1v) is 11.5. The van der Waals surface area contributed by atoms with Crippen LogP contribution in [0.2, 0.25) is 0 Å². The molecule has 0 atom stereocenters. The molecule has 4 rings (SSSR count). The molecular weight excluding hydrogens is 386 g/mol. The van der Waals surface area contributed by atoms with Gasteiger partial charge >= 0.3 is 0 Å². The first kappa shape index (κ1) is 19.6. The van der Waals surface area contributed by atoms with Crippen LogP contribution in [0.3, 0.4) is 0 Å². The van der Waals surface area contributed by atoms with Crippen LogP contribution in [0.25, 0.3) is 11.0 Å². The summed E-state index contributed by atoms with van der Waals surface area (Å²) in [4.78, 5) is 9.21. The lowest BCUT2D eigenvalue weighted by Crippen LogP contribution is -2.19. The SMILES string of the molecule is Cc1ccc(S(=O)(=O)Nc2nc3ccccc3nc2OCC2CCCCC2)cc1. The van der Waals surface area contributed by atoms with Crippen LogP contribution in [0.1, 0.15) is 37.7 Å². The molecule has 1 saturated carbocycles. The van der Waals surface area contributed by atoms with Crippen LogP contribution in [0, 0.1) is 12.8 Å². The predicted octanol–water partition coefficient (Wildman–Crippen LogP) is 4.70. The number of hydrogen-bond acceptors (Lipinski definition) is 5. The third-order valence-electron chi connectivity index (χ3n) is 5.28. The minimum atomic E-state index is -3.80. The molecule has 1 fully saturated rings. The summed E-state index contributed by atoms with van der Waals surface area (Å²) in [6.45, 7) is 2.43. The molecule has 0 saturated heterocycles. The Morgan fingerprint density at radius 1 is 0.966 bits per heavy atom. The van der Waals surface area contributed by atoms with E-state index in [-0.39, 0.29) is 16.6 Å². The highest BCUT2D eigenvalue weighted by atomic mass is 32.2. The average Bonchev–Trinajstić information content (AvgIpc) is 2.73. The molecular formula is C22H25N3O3S. The second-order valence-corrected chi connectivity index (χ2v) is 9.28. The van der Waals surface area contributed by atoms with Crippen molar-refractivity contribution in [3.05, 3.63) is 54.1 Å². The van der Waals surface area contributed by atoms with E-state index in [4.69, 9.17) is 4.74 Å². The van der Waals surface area contributed by atoms with Crippen molar-refractivity contribution in [2.45, 2.75) is 43.9 Å². The summed E-state index contributed by atoms with van der Waals surface area (Å²) in [5, 5.41) is 0. The van der Waals surface area contributed by atoms with Crippen molar-refractivity contribution in [1.82, 2.24) is 9.97 Å². The van der Waals surface area contributed by atoms with E-state index in [9.17, 15) is 8.42 Å². The van der Waals surface area contributed by atoms with Crippen molar-refractivity contribution in [2.75, 3.05) is 11.3 Å². The van der Waals surface area contributed by atoms with Crippen LogP contribution in [0.15, 0.2) is 53.4 Å². The third kappa shape index (κ3) is 4.67. The van der Waals surface area contributed by atoms with Gasteiger partial charge in [-0.2, -0.15) is 0 Å². The van der Waals surface area contributed by atoms with Gasteiger partial charge in [0.1, 0.15) is 0 Å². The molecule has 1 aromatic heterocycles. The fourth-order valence-corrected chi connectivity index (χ4v) is 4.60. The van der Waals surface area contributed by atoms with Gasteiger partial charge in [0.25, 0.3) is 15.9 Å². The van der Waals surface area contributed by atoms with Crippen LogP contribution < -0.4 is 9.46 Å². The number of anilines is 1. The highest BCUT2D eigenvalue weighted by molar-refractivity contribution is 7.92. The maximum absolute atomic E-state index is 12.9. The number of aromatic nitrogens is 2. The number of fused-ring (bicyclic) bond motifs is 1. The highest BCUT2D eigenvalue weighted by Crippen LogP contribution is 2.29. The Bertz CT molecular complexity index is 1090. The molecule has 29 heavy (non-hydrogen) atoms. The fourth-order valence-electron chi connectivity index (χ4n) is 3.61. The Morgan fingerprint density at radius 3 is 2.31 bits per heavy atom. The first-order chi connectivity index (χ1) is 14.0. The summed E-state index contributed by atoms with van der Waals surface area (Å²) < 4.78 is 34.3. The van der Waals surface area contributed by atoms with Gasteiger partial charge in [0, 0.05) is 0 Å². The molecule has 0 aliphatic heterocycles. The maximum atomic E-state index is 12.9. The molecule has 3 aromatic rings. The number of nitrogens with zero attached hydrogens (tertiary/aromatic N) is 2. The minimum Gasteiger partial charge on any atom is -0.475 e. The Labute approximate surface area is 171 Å². The lowest BCUT2D eigenvalue weighted by Gasteiger charge is -2.22. The molecule has 0 unspecified atom stereocenters. The third-order valence-corrected chi connectivity index (χ3v) is 6.64. The topological polar surface area (TPSA) is 81.2 Å². The Kier molecular flexibility index (Phi) is 5.67. The zero-order valence-corrected chi connectivity index (χ0v) is 17.3. The molecule has 2 aromatic carbocycles. The standard InChI is InChI=1S/C22H25N3O3S/c1-16-11-13-18(14-12-16)29(26,27)25-21-22(28-15-17-7-3-2-4-8-17)24-20-10-6-5-9-19(20)23-21/h5-6,9-14,17H,2-4,7-8,15H2,1H3,(H,23,25). The summed E-state index contributed by atoms with van der Waals surface area (Å²) in [5.74, 6) is 0.823. The summed E-state index contributed by atoms with van der Waals surface area (Å²) in [6.07, 6.45) is 5.96. The molecule has 0 bridgehead atoms. The smallest absolute Gasteiger partial charge is 0.263 e. The van der Waals surface area contributed by atoms with E-state index < -0.39 is 10.0 Å². The summed E-state index contributed by atoms with van der Waals surface area (Å²) in [5.41, 5.74) is 2.27. The molecule has 1 N–H and O–H groups in total. The zero-order chi connectivity index (χ0) is 20.3. The van der Waals surface area contributed by atoms with Crippen LogP contribution >= 0.6 is 0 Å². The zero-order valence-electron chi connectivity index (χ0n) is 16.5. The summed E-state index contributed by atoms with van der Waals surface area (Å²) in [6, 6.07) is 14.0. The fraction of sp³-hybridized carbons (Fsp3) is 0.364. The average molecular weight is 412 g/mol. The second kappa shape index (κ2) is 8.37. The quantitative estimate of drug-likeness (QED) is 0.636. The second-order valence-electron chi connectivity index (χ2n) is 7.60. The lowest BCUT2D eigenvalue weighted by molar-refractivity contribution is 0.204. The predicted molar refractivity (Wildman–Crippen MR) is 114 cm³/mol. The van der Waals surface area contributed by atoms with Gasteiger partial charge in [0.2, 0.25) is 5.82 Å². The molecule has 0 amide bonds. The summed E-state index contributed by atoms with van der Waals surface area (Å²) in [7, 11) is -3.80. The van der Waals surface area contributed by atoms with Crippen molar-refractivity contribution in [3.63, 3.8) is 0 Å². The number of aryl methyl sites for hydroxylation is 1. The van der Waals surface area contributed by atoms with Crippen LogP contribution in [-0.4, -0.2) is 25.0 Å². The molecule has 152 valence electrons. The number of para-hydroxylation sites is 2. The number of ether oxygens (including phenoxy) is 1. The van der Waals surface area contributed by atoms with Gasteiger partial charge in [0.05, 0.1) is 22.5 Å². The monoisotopic (exact) mass is 411 g/mol. The number of hydrogen-bond donors (Lipinski definition) is 1. The number of rotatable bonds is 6. The van der Waals surface area contributed by atoms with Gasteiger partial charge in [-0.25, -0.2) is 18.4 Å². The molecule has 0 spiro atoms. The van der Waals surface area contributed by atoms with Gasteiger partial charge in [-0.3, -0.25) is 4.72 Å². The van der Waals surface area contributed by atoms with Gasteiger partial charge in [-0.05, 0) is 49.9 Å². The first-order valence-electron chi connectivity index (χ1n) is 10.0. The number of nitrogens with one attached hydrogen (secondary N) is 1. The Balaban J connectivity index is 1.64. The van der Waals surface area contributed by atoms with E-state index in [0.717, 1.165) is 18.4 Å². The Morgan fingerprint density at radius 2 is 1.62 bits per heavy atom. The van der Waals surface area contributed by atoms with Crippen molar-refractivity contribution < 1.29 is 13.2 Å². The van der Waals surface area contributed by atoms with Gasteiger partial charge in [-0.1, -0.05) is 49.1 Å². The number of benzene rings is 2. The largest absolute Gasteiger partial charge is 0.475 e. The van der Waals surface area contributed by atoms with Gasteiger partial charge in [-0.15, -0.1) is 0 Å². The Hall–Kier alpha value is -2.67. The lowest BCUT2D eigenvalue weighted by atomic mass is 9.90. The van der Waals surface area contributed by atoms with Crippen molar-refractivity contribution >= 4 is 26.9 Å². The van der Waals surface area contributed by atoms with Gasteiger partial charge < -0.3 is 4.74 Å². The number of sulfonamides is 1. The maximum Gasteiger partial charge on any atom is 0.263 e. The van der Waals surface area contributed by atoms with Crippen LogP contribution in [0.5, 0.6) is 5.88 Å². The van der Waals surface area contributed by atoms with E-state index in [0.29, 0.717) is 23.6 Å². The molecule has 7 heteroatoms. The van der Waals surface area contributed by atoms with E-state index in [2.05, 4.69) is 14.7 Å². The van der Waals surface area contributed by atoms with E-state index in [1.165, 1.54) is 19.3 Å². The van der Waals surface area contributed by atoms with Crippen LogP contribution in [-0.2, 0) is 10.0 Å². The minimum absolute atomic E-state index is 0.125. The van der Waals surface area contributed by atoms with Crippen molar-refractivity contribution in [2.24, 2.45) is 5.92 Å². The van der Waals surface area contributed by atoms with Crippen LogP contribution in [0.4, 0.5) is 5.82 Å². The van der Waals surface area contributed by atoms with Crippen molar-refractivity contribution in [3.8, 4) is 5.88 Å². The normalized spacial score (nSPS) is 15.3. The van der Waals surface area contributed by atoms with E-state index in [1.54, 1.807) is 30.3 Å². The molecule has 1 aliphatic rings.